The van der Waals surface area contributed by atoms with E-state index in [-0.39, 0.29) is 12.8 Å². The minimum absolute atomic E-state index is 0.105. The summed E-state index contributed by atoms with van der Waals surface area (Å²) in [6.07, 6.45) is -1.44. The van der Waals surface area contributed by atoms with Crippen LogP contribution in [0.15, 0.2) is 29.2 Å². The van der Waals surface area contributed by atoms with Crippen molar-refractivity contribution in [1.29, 1.82) is 0 Å². The van der Waals surface area contributed by atoms with Crippen LogP contribution in [0.1, 0.15) is 44.0 Å². The van der Waals surface area contributed by atoms with Gasteiger partial charge in [-0.05, 0) is 32.9 Å². The average molecular weight is 398 g/mol. The normalized spacial score (nSPS) is 14.9. The number of hydrogen-bond acceptors (Lipinski definition) is 8. The molecule has 146 valence electrons. The highest BCUT2D eigenvalue weighted by molar-refractivity contribution is 7.90. The summed E-state index contributed by atoms with van der Waals surface area (Å²) in [6.45, 7) is 4.65. The third-order valence-electron chi connectivity index (χ3n) is 3.19. The highest BCUT2D eigenvalue weighted by atomic mass is 32.2. The highest BCUT2D eigenvalue weighted by Gasteiger charge is 2.35. The van der Waals surface area contributed by atoms with Crippen molar-refractivity contribution in [3.8, 4) is 0 Å². The fraction of sp³-hybridized carbons (Fsp3) is 0.375. The molecule has 11 heteroatoms. The molecule has 2 rings (SSSR count). The quantitative estimate of drug-likeness (QED) is 0.745. The second kappa shape index (κ2) is 7.35. The van der Waals surface area contributed by atoms with Crippen molar-refractivity contribution < 1.29 is 37.2 Å². The summed E-state index contributed by atoms with van der Waals surface area (Å²) >= 11 is 0. The maximum absolute atomic E-state index is 12.5. The maximum Gasteiger partial charge on any atom is 0.421 e. The standard InChI is InChI=1S/C16H18N2O8S/c1-16(2,3)25-15(22)17-27(23,24)11-7-5-4-6-10(11)14(21)26-18-12(19)8-9-13(18)20/h4-7H,8-9H2,1-3H3,(H,17,22). The van der Waals surface area contributed by atoms with Crippen molar-refractivity contribution in [2.75, 3.05) is 0 Å². The molecule has 27 heavy (non-hydrogen) atoms. The number of imide groups is 1. The number of ether oxygens (including phenoxy) is 1. The van der Waals surface area contributed by atoms with Crippen LogP contribution in [0.4, 0.5) is 4.79 Å². The van der Waals surface area contributed by atoms with Crippen molar-refractivity contribution in [3.05, 3.63) is 29.8 Å². The number of nitrogens with zero attached hydrogens (tertiary/aromatic N) is 1. The lowest BCUT2D eigenvalue weighted by atomic mass is 10.2. The topological polar surface area (TPSA) is 136 Å². The number of hydrogen-bond donors (Lipinski definition) is 1. The van der Waals surface area contributed by atoms with Crippen molar-refractivity contribution in [2.45, 2.75) is 44.1 Å². The van der Waals surface area contributed by atoms with E-state index in [0.29, 0.717) is 5.06 Å². The fourth-order valence-electron chi connectivity index (χ4n) is 2.12. The first-order chi connectivity index (χ1) is 12.4. The van der Waals surface area contributed by atoms with Gasteiger partial charge >= 0.3 is 12.1 Å². The van der Waals surface area contributed by atoms with E-state index in [9.17, 15) is 27.6 Å². The molecule has 1 aromatic rings. The molecule has 1 fully saturated rings. The number of carbonyl (C=O) groups is 4. The van der Waals surface area contributed by atoms with E-state index < -0.39 is 50.0 Å². The predicted octanol–water partition coefficient (Wildman–Crippen LogP) is 1.12. The number of benzene rings is 1. The lowest BCUT2D eigenvalue weighted by molar-refractivity contribution is -0.172. The molecule has 1 aliphatic heterocycles. The summed E-state index contributed by atoms with van der Waals surface area (Å²) in [4.78, 5) is 51.3. The molecular weight excluding hydrogens is 380 g/mol. The Bertz CT molecular complexity index is 885. The third-order valence-corrected chi connectivity index (χ3v) is 4.56. The van der Waals surface area contributed by atoms with Gasteiger partial charge in [0.1, 0.15) is 10.5 Å². The van der Waals surface area contributed by atoms with Gasteiger partial charge in [-0.2, -0.15) is 0 Å². The Morgan fingerprint density at radius 3 is 2.19 bits per heavy atom. The molecule has 1 saturated heterocycles. The van der Waals surface area contributed by atoms with Crippen LogP contribution in [0.2, 0.25) is 0 Å². The molecule has 0 bridgehead atoms. The van der Waals surface area contributed by atoms with E-state index in [1.165, 1.54) is 12.1 Å². The van der Waals surface area contributed by atoms with E-state index in [1.807, 2.05) is 0 Å². The van der Waals surface area contributed by atoms with Gasteiger partial charge in [0.15, 0.2) is 0 Å². The minimum Gasteiger partial charge on any atom is -0.443 e. The smallest absolute Gasteiger partial charge is 0.421 e. The van der Waals surface area contributed by atoms with Crippen LogP contribution in [-0.4, -0.2) is 43.0 Å². The summed E-state index contributed by atoms with van der Waals surface area (Å²) in [5.41, 5.74) is -1.39. The lowest BCUT2D eigenvalue weighted by Gasteiger charge is -2.20. The summed E-state index contributed by atoms with van der Waals surface area (Å²) in [6, 6.07) is 4.87. The number of sulfonamides is 1. The molecule has 1 N–H and O–H groups in total. The molecule has 0 radical (unpaired) electrons. The Labute approximate surface area is 155 Å². The molecule has 10 nitrogen and oxygen atoms in total. The molecule has 0 spiro atoms. The molecule has 0 saturated carbocycles. The van der Waals surface area contributed by atoms with Crippen LogP contribution in [0.25, 0.3) is 0 Å². The van der Waals surface area contributed by atoms with Crippen molar-refractivity contribution in [3.63, 3.8) is 0 Å². The first kappa shape index (κ1) is 20.4. The van der Waals surface area contributed by atoms with Gasteiger partial charge in [0.25, 0.3) is 21.8 Å². The van der Waals surface area contributed by atoms with Gasteiger partial charge in [-0.15, -0.1) is 5.06 Å². The van der Waals surface area contributed by atoms with Crippen LogP contribution < -0.4 is 4.72 Å². The van der Waals surface area contributed by atoms with Gasteiger partial charge in [0, 0.05) is 12.8 Å². The molecule has 1 aromatic carbocycles. The van der Waals surface area contributed by atoms with Gasteiger partial charge in [-0.25, -0.2) is 22.7 Å². The Balaban J connectivity index is 2.26. The third kappa shape index (κ3) is 5.03. The molecule has 0 aliphatic carbocycles. The number of rotatable bonds is 4. The molecular formula is C16H18N2O8S. The number of carbonyl (C=O) groups excluding carboxylic acids is 4. The Kier molecular flexibility index (Phi) is 5.54. The molecule has 1 aliphatic rings. The second-order valence-corrected chi connectivity index (χ2v) is 8.21. The zero-order valence-electron chi connectivity index (χ0n) is 14.8. The zero-order chi connectivity index (χ0) is 20.4. The first-order valence-electron chi connectivity index (χ1n) is 7.83. The molecule has 1 heterocycles. The predicted molar refractivity (Wildman–Crippen MR) is 89.5 cm³/mol. The van der Waals surface area contributed by atoms with Crippen molar-refractivity contribution in [2.24, 2.45) is 0 Å². The Morgan fingerprint density at radius 2 is 1.63 bits per heavy atom. The van der Waals surface area contributed by atoms with Crippen molar-refractivity contribution in [1.82, 2.24) is 9.79 Å². The minimum atomic E-state index is -4.48. The van der Waals surface area contributed by atoms with Crippen LogP contribution >= 0.6 is 0 Å². The second-order valence-electron chi connectivity index (χ2n) is 6.56. The summed E-state index contributed by atoms with van der Waals surface area (Å²) in [5.74, 6) is -2.65. The van der Waals surface area contributed by atoms with Crippen LogP contribution in [0, 0.1) is 0 Å². The fourth-order valence-corrected chi connectivity index (χ4v) is 3.19. The molecule has 3 amide bonds. The van der Waals surface area contributed by atoms with Crippen LogP contribution in [-0.2, 0) is 29.2 Å². The summed E-state index contributed by atoms with van der Waals surface area (Å²) in [7, 11) is -4.48. The maximum atomic E-state index is 12.5. The number of nitrogens with one attached hydrogen (secondary N) is 1. The largest absolute Gasteiger partial charge is 0.443 e. The van der Waals surface area contributed by atoms with Gasteiger partial charge in [-0.1, -0.05) is 12.1 Å². The number of amides is 3. The van der Waals surface area contributed by atoms with Crippen LogP contribution in [0.3, 0.4) is 0 Å². The van der Waals surface area contributed by atoms with Crippen LogP contribution in [0.5, 0.6) is 0 Å². The molecule has 0 unspecified atom stereocenters. The van der Waals surface area contributed by atoms with E-state index in [0.717, 1.165) is 12.1 Å². The monoisotopic (exact) mass is 398 g/mol. The average Bonchev–Trinajstić information content (AvgIpc) is 2.84. The first-order valence-corrected chi connectivity index (χ1v) is 9.32. The van der Waals surface area contributed by atoms with Crippen molar-refractivity contribution >= 4 is 33.9 Å². The summed E-state index contributed by atoms with van der Waals surface area (Å²) in [5, 5.41) is 0.299. The van der Waals surface area contributed by atoms with Gasteiger partial charge < -0.3 is 9.57 Å². The summed E-state index contributed by atoms with van der Waals surface area (Å²) < 4.78 is 31.5. The zero-order valence-corrected chi connectivity index (χ0v) is 15.7. The van der Waals surface area contributed by atoms with E-state index in [1.54, 1.807) is 25.5 Å². The van der Waals surface area contributed by atoms with Gasteiger partial charge in [0.05, 0.1) is 5.56 Å². The van der Waals surface area contributed by atoms with Gasteiger partial charge in [0.2, 0.25) is 0 Å². The highest BCUT2D eigenvalue weighted by Crippen LogP contribution is 2.20. The van der Waals surface area contributed by atoms with E-state index in [2.05, 4.69) is 0 Å². The van der Waals surface area contributed by atoms with E-state index >= 15 is 0 Å². The Hall–Kier alpha value is -2.95. The molecule has 0 aromatic heterocycles. The number of hydroxylamine groups is 2. The molecule has 0 atom stereocenters. The SMILES string of the molecule is CC(C)(C)OC(=O)NS(=O)(=O)c1ccccc1C(=O)ON1C(=O)CCC1=O. The van der Waals surface area contributed by atoms with Gasteiger partial charge in [-0.3, -0.25) is 9.59 Å². The Morgan fingerprint density at radius 1 is 1.07 bits per heavy atom. The lowest BCUT2D eigenvalue weighted by Crippen LogP contribution is -2.37. The van der Waals surface area contributed by atoms with E-state index in [4.69, 9.17) is 9.57 Å².